The molecule has 1 N–H and O–H groups in total. The second-order valence-corrected chi connectivity index (χ2v) is 5.81. The van der Waals surface area contributed by atoms with Gasteiger partial charge in [0.05, 0.1) is 7.11 Å². The predicted molar refractivity (Wildman–Crippen MR) is 102 cm³/mol. The van der Waals surface area contributed by atoms with Crippen LogP contribution in [-0.4, -0.2) is 20.1 Å². The van der Waals surface area contributed by atoms with Gasteiger partial charge in [-0.2, -0.15) is 0 Å². The molecule has 1 amide bonds. The first kappa shape index (κ1) is 16.8. The van der Waals surface area contributed by atoms with Crippen molar-refractivity contribution in [3.8, 4) is 28.0 Å². The number of carbonyl (C=O) groups is 1. The minimum absolute atomic E-state index is 0.112. The second kappa shape index (κ2) is 7.22. The van der Waals surface area contributed by atoms with Crippen molar-refractivity contribution in [2.75, 3.05) is 14.2 Å². The Balaban J connectivity index is 2.22. The maximum atomic E-state index is 12.1. The highest BCUT2D eigenvalue weighted by Crippen LogP contribution is 2.39. The number of benzene rings is 3. The summed E-state index contributed by atoms with van der Waals surface area (Å²) in [6.07, 6.45) is 0. The van der Waals surface area contributed by atoms with Crippen LogP contribution in [0.2, 0.25) is 0 Å². The summed E-state index contributed by atoms with van der Waals surface area (Å²) in [4.78, 5) is 12.1. The van der Waals surface area contributed by atoms with Gasteiger partial charge in [0.25, 0.3) is 5.91 Å². The van der Waals surface area contributed by atoms with Gasteiger partial charge in [0.15, 0.2) is 0 Å². The molecule has 0 saturated carbocycles. The van der Waals surface area contributed by atoms with Gasteiger partial charge in [-0.25, -0.2) is 0 Å². The molecule has 0 aromatic heterocycles. The van der Waals surface area contributed by atoms with Crippen molar-refractivity contribution in [3.05, 3.63) is 77.9 Å². The lowest BCUT2D eigenvalue weighted by Crippen LogP contribution is -2.19. The molecule has 3 aromatic carbocycles. The fourth-order valence-electron chi connectivity index (χ4n) is 3.13. The number of methoxy groups -OCH3 is 1. The Hall–Kier alpha value is -3.07. The van der Waals surface area contributed by atoms with Crippen molar-refractivity contribution < 1.29 is 9.53 Å². The van der Waals surface area contributed by atoms with Crippen LogP contribution in [0, 0.1) is 6.92 Å². The van der Waals surface area contributed by atoms with E-state index in [1.54, 1.807) is 14.2 Å². The van der Waals surface area contributed by atoms with Gasteiger partial charge in [0.1, 0.15) is 5.75 Å². The van der Waals surface area contributed by atoms with E-state index in [-0.39, 0.29) is 5.91 Å². The van der Waals surface area contributed by atoms with E-state index in [0.717, 1.165) is 33.6 Å². The molecule has 3 heteroatoms. The molecule has 0 saturated heterocycles. The molecule has 0 bridgehead atoms. The number of ether oxygens (including phenoxy) is 1. The van der Waals surface area contributed by atoms with Crippen LogP contribution < -0.4 is 10.1 Å². The predicted octanol–water partition coefficient (Wildman–Crippen LogP) is 4.70. The summed E-state index contributed by atoms with van der Waals surface area (Å²) in [7, 11) is 3.28. The zero-order valence-corrected chi connectivity index (χ0v) is 14.7. The van der Waals surface area contributed by atoms with Crippen LogP contribution in [0.3, 0.4) is 0 Å². The van der Waals surface area contributed by atoms with E-state index in [1.165, 1.54) is 0 Å². The fourth-order valence-corrected chi connectivity index (χ4v) is 3.13. The summed E-state index contributed by atoms with van der Waals surface area (Å²) in [5, 5.41) is 2.68. The maximum absolute atomic E-state index is 12.1. The van der Waals surface area contributed by atoms with Crippen molar-refractivity contribution in [2.45, 2.75) is 6.92 Å². The summed E-state index contributed by atoms with van der Waals surface area (Å²) in [5.74, 6) is 0.614. The van der Waals surface area contributed by atoms with Gasteiger partial charge in [0, 0.05) is 23.7 Å². The van der Waals surface area contributed by atoms with Crippen molar-refractivity contribution in [1.29, 1.82) is 0 Å². The van der Waals surface area contributed by atoms with Crippen molar-refractivity contribution >= 4 is 5.91 Å². The fraction of sp³-hybridized carbons (Fsp3) is 0.136. The van der Waals surface area contributed by atoms with Gasteiger partial charge < -0.3 is 10.1 Å². The summed E-state index contributed by atoms with van der Waals surface area (Å²) in [5.41, 5.74) is 5.80. The molecule has 0 radical (unpaired) electrons. The Bertz CT molecular complexity index is 901. The number of hydrogen-bond acceptors (Lipinski definition) is 2. The van der Waals surface area contributed by atoms with E-state index >= 15 is 0 Å². The highest BCUT2D eigenvalue weighted by atomic mass is 16.5. The Kier molecular flexibility index (Phi) is 4.85. The van der Waals surface area contributed by atoms with Gasteiger partial charge in [0.2, 0.25) is 0 Å². The van der Waals surface area contributed by atoms with Crippen LogP contribution in [0.1, 0.15) is 15.9 Å². The molecule has 0 spiro atoms. The van der Waals surface area contributed by atoms with Crippen molar-refractivity contribution in [1.82, 2.24) is 5.32 Å². The number of rotatable bonds is 4. The van der Waals surface area contributed by atoms with E-state index in [4.69, 9.17) is 4.74 Å². The molecule has 0 aliphatic carbocycles. The third-order valence-electron chi connectivity index (χ3n) is 4.38. The number of hydrogen-bond donors (Lipinski definition) is 1. The van der Waals surface area contributed by atoms with E-state index in [1.807, 2.05) is 49.4 Å². The molecular weight excluding hydrogens is 310 g/mol. The average molecular weight is 331 g/mol. The largest absolute Gasteiger partial charge is 0.496 e. The Morgan fingerprint density at radius 2 is 1.48 bits per heavy atom. The SMILES string of the molecule is CNC(=O)c1ccc(-c2ccccc2-c2ccccc2)c(OC)c1C. The molecule has 0 aliphatic heterocycles. The number of carbonyl (C=O) groups excluding carboxylic acids is 1. The summed E-state index contributed by atoms with van der Waals surface area (Å²) in [6, 6.07) is 22.3. The summed E-state index contributed by atoms with van der Waals surface area (Å²) in [6.45, 7) is 1.91. The Morgan fingerprint density at radius 1 is 0.840 bits per heavy atom. The normalized spacial score (nSPS) is 10.4. The molecule has 3 nitrogen and oxygen atoms in total. The molecule has 3 aromatic rings. The van der Waals surface area contributed by atoms with Crippen LogP contribution in [0.25, 0.3) is 22.3 Å². The molecule has 0 fully saturated rings. The standard InChI is InChI=1S/C22H21NO2/c1-15-17(22(24)23-2)13-14-20(21(15)25-3)19-12-8-7-11-18(19)16-9-5-4-6-10-16/h4-14H,1-3H3,(H,23,24). The van der Waals surface area contributed by atoms with Crippen LogP contribution in [0.4, 0.5) is 0 Å². The first-order valence-electron chi connectivity index (χ1n) is 8.22. The maximum Gasteiger partial charge on any atom is 0.251 e. The van der Waals surface area contributed by atoms with E-state index < -0.39 is 0 Å². The van der Waals surface area contributed by atoms with E-state index in [0.29, 0.717) is 5.56 Å². The third kappa shape index (κ3) is 3.13. The quantitative estimate of drug-likeness (QED) is 0.753. The smallest absolute Gasteiger partial charge is 0.251 e. The van der Waals surface area contributed by atoms with Crippen LogP contribution in [-0.2, 0) is 0 Å². The van der Waals surface area contributed by atoms with Crippen LogP contribution >= 0.6 is 0 Å². The van der Waals surface area contributed by atoms with Gasteiger partial charge in [-0.1, -0.05) is 54.6 Å². The lowest BCUT2D eigenvalue weighted by molar-refractivity contribution is 0.0962. The first-order valence-corrected chi connectivity index (χ1v) is 8.22. The number of nitrogens with one attached hydrogen (secondary N) is 1. The summed E-state index contributed by atoms with van der Waals surface area (Å²) >= 11 is 0. The lowest BCUT2D eigenvalue weighted by atomic mass is 9.91. The molecule has 0 aliphatic rings. The monoisotopic (exact) mass is 331 g/mol. The van der Waals surface area contributed by atoms with Crippen molar-refractivity contribution in [3.63, 3.8) is 0 Å². The zero-order valence-electron chi connectivity index (χ0n) is 14.7. The minimum Gasteiger partial charge on any atom is -0.496 e. The van der Waals surface area contributed by atoms with E-state index in [2.05, 4.69) is 29.6 Å². The topological polar surface area (TPSA) is 38.3 Å². The lowest BCUT2D eigenvalue weighted by Gasteiger charge is -2.17. The summed E-state index contributed by atoms with van der Waals surface area (Å²) < 4.78 is 5.68. The first-order chi connectivity index (χ1) is 12.2. The van der Waals surface area contributed by atoms with Gasteiger partial charge in [-0.3, -0.25) is 4.79 Å². The van der Waals surface area contributed by atoms with Crippen LogP contribution in [0.5, 0.6) is 5.75 Å². The molecule has 0 heterocycles. The van der Waals surface area contributed by atoms with Gasteiger partial charge in [-0.15, -0.1) is 0 Å². The zero-order chi connectivity index (χ0) is 17.8. The highest BCUT2D eigenvalue weighted by Gasteiger charge is 2.18. The molecule has 126 valence electrons. The third-order valence-corrected chi connectivity index (χ3v) is 4.38. The molecule has 0 unspecified atom stereocenters. The molecule has 3 rings (SSSR count). The van der Waals surface area contributed by atoms with Crippen LogP contribution in [0.15, 0.2) is 66.7 Å². The highest BCUT2D eigenvalue weighted by molar-refractivity contribution is 5.98. The average Bonchev–Trinajstić information content (AvgIpc) is 2.67. The Labute approximate surface area is 148 Å². The van der Waals surface area contributed by atoms with Gasteiger partial charge >= 0.3 is 0 Å². The van der Waals surface area contributed by atoms with Gasteiger partial charge in [-0.05, 0) is 35.7 Å². The number of amides is 1. The van der Waals surface area contributed by atoms with E-state index in [9.17, 15) is 4.79 Å². The Morgan fingerprint density at radius 3 is 2.12 bits per heavy atom. The molecule has 25 heavy (non-hydrogen) atoms. The minimum atomic E-state index is -0.112. The van der Waals surface area contributed by atoms with Crippen molar-refractivity contribution in [2.24, 2.45) is 0 Å². The molecule has 0 atom stereocenters. The second-order valence-electron chi connectivity index (χ2n) is 5.81. The molecular formula is C22H21NO2.